The quantitative estimate of drug-likeness (QED) is 0.904. The second-order valence-corrected chi connectivity index (χ2v) is 4.26. The van der Waals surface area contributed by atoms with E-state index in [1.165, 1.54) is 4.90 Å². The molecule has 0 fully saturated rings. The van der Waals surface area contributed by atoms with E-state index >= 15 is 0 Å². The van der Waals surface area contributed by atoms with E-state index in [0.29, 0.717) is 17.9 Å². The number of aromatic hydroxyl groups is 1. The molecule has 0 unspecified atom stereocenters. The van der Waals surface area contributed by atoms with Gasteiger partial charge in [-0.05, 0) is 36.8 Å². The molecule has 0 spiro atoms. The van der Waals surface area contributed by atoms with Crippen molar-refractivity contribution in [2.75, 3.05) is 7.05 Å². The van der Waals surface area contributed by atoms with Crippen molar-refractivity contribution in [2.24, 2.45) is 0 Å². The van der Waals surface area contributed by atoms with Crippen LogP contribution in [0, 0.1) is 6.92 Å². The largest absolute Gasteiger partial charge is 0.507 e. The summed E-state index contributed by atoms with van der Waals surface area (Å²) in [5.74, 6) is 0.479. The zero-order valence-corrected chi connectivity index (χ0v) is 10.4. The lowest BCUT2D eigenvalue weighted by Gasteiger charge is -2.16. The van der Waals surface area contributed by atoms with Crippen LogP contribution in [0.4, 0.5) is 0 Å². The SMILES string of the molecule is Cc1ccc(C(=O)N(C)Cc2ccco2)c(O)c1. The number of hydrogen-bond donors (Lipinski definition) is 1. The first-order valence-electron chi connectivity index (χ1n) is 5.65. The Bertz CT molecular complexity index is 546. The van der Waals surface area contributed by atoms with Gasteiger partial charge in [0.2, 0.25) is 0 Å². The van der Waals surface area contributed by atoms with Gasteiger partial charge < -0.3 is 14.4 Å². The number of phenols is 1. The predicted molar refractivity (Wildman–Crippen MR) is 67.3 cm³/mol. The third-order valence-corrected chi connectivity index (χ3v) is 2.70. The summed E-state index contributed by atoms with van der Waals surface area (Å²) in [6, 6.07) is 8.59. The molecule has 2 rings (SSSR count). The van der Waals surface area contributed by atoms with Crippen molar-refractivity contribution in [3.05, 3.63) is 53.5 Å². The van der Waals surface area contributed by atoms with Crippen LogP contribution in [0.15, 0.2) is 41.0 Å². The molecule has 0 aliphatic rings. The van der Waals surface area contributed by atoms with E-state index in [0.717, 1.165) is 5.56 Å². The van der Waals surface area contributed by atoms with Crippen LogP contribution in [-0.4, -0.2) is 23.0 Å². The molecule has 18 heavy (non-hydrogen) atoms. The molecular weight excluding hydrogens is 230 g/mol. The Morgan fingerprint density at radius 1 is 1.39 bits per heavy atom. The van der Waals surface area contributed by atoms with Gasteiger partial charge in [-0.2, -0.15) is 0 Å². The number of furan rings is 1. The number of rotatable bonds is 3. The second kappa shape index (κ2) is 4.96. The Kier molecular flexibility index (Phi) is 3.37. The normalized spacial score (nSPS) is 10.3. The predicted octanol–water partition coefficient (Wildman–Crippen LogP) is 2.57. The number of nitrogens with zero attached hydrogens (tertiary/aromatic N) is 1. The molecule has 94 valence electrons. The first-order chi connectivity index (χ1) is 8.58. The number of amides is 1. The second-order valence-electron chi connectivity index (χ2n) is 4.26. The summed E-state index contributed by atoms with van der Waals surface area (Å²) in [5.41, 5.74) is 1.22. The van der Waals surface area contributed by atoms with Gasteiger partial charge in [-0.25, -0.2) is 0 Å². The molecule has 4 nitrogen and oxygen atoms in total. The number of phenolic OH excluding ortho intramolecular Hbond substituents is 1. The molecule has 0 radical (unpaired) electrons. The molecule has 0 bridgehead atoms. The fraction of sp³-hybridized carbons (Fsp3) is 0.214. The standard InChI is InChI=1S/C14H15NO3/c1-10-5-6-12(13(16)8-10)14(17)15(2)9-11-4-3-7-18-11/h3-8,16H,9H2,1-2H3. The van der Waals surface area contributed by atoms with Crippen LogP contribution in [0.3, 0.4) is 0 Å². The van der Waals surface area contributed by atoms with Crippen molar-refractivity contribution < 1.29 is 14.3 Å². The molecule has 1 aromatic heterocycles. The summed E-state index contributed by atoms with van der Waals surface area (Å²) in [6.07, 6.45) is 1.57. The van der Waals surface area contributed by atoms with Crippen molar-refractivity contribution in [3.63, 3.8) is 0 Å². The molecule has 1 amide bonds. The third kappa shape index (κ3) is 2.53. The highest BCUT2D eigenvalue weighted by Gasteiger charge is 2.16. The van der Waals surface area contributed by atoms with Gasteiger partial charge in [-0.1, -0.05) is 6.07 Å². The number of aryl methyl sites for hydroxylation is 1. The average molecular weight is 245 g/mol. The zero-order chi connectivity index (χ0) is 13.1. The van der Waals surface area contributed by atoms with E-state index in [1.807, 2.05) is 6.92 Å². The van der Waals surface area contributed by atoms with Crippen LogP contribution in [0.2, 0.25) is 0 Å². The Hall–Kier alpha value is -2.23. The molecule has 1 aromatic carbocycles. The van der Waals surface area contributed by atoms with Gasteiger partial charge in [0, 0.05) is 7.05 Å². The molecule has 0 atom stereocenters. The average Bonchev–Trinajstić information content (AvgIpc) is 2.81. The molecule has 1 N–H and O–H groups in total. The van der Waals surface area contributed by atoms with Gasteiger partial charge in [0.05, 0.1) is 18.4 Å². The number of hydrogen-bond acceptors (Lipinski definition) is 3. The van der Waals surface area contributed by atoms with Gasteiger partial charge in [0.15, 0.2) is 0 Å². The highest BCUT2D eigenvalue weighted by molar-refractivity contribution is 5.96. The Labute approximate surface area is 105 Å². The maximum absolute atomic E-state index is 12.1. The first kappa shape index (κ1) is 12.2. The van der Waals surface area contributed by atoms with Gasteiger partial charge in [0.25, 0.3) is 5.91 Å². The Morgan fingerprint density at radius 3 is 2.78 bits per heavy atom. The lowest BCUT2D eigenvalue weighted by Crippen LogP contribution is -2.26. The Morgan fingerprint density at radius 2 is 2.17 bits per heavy atom. The zero-order valence-electron chi connectivity index (χ0n) is 10.4. The lowest BCUT2D eigenvalue weighted by atomic mass is 10.1. The van der Waals surface area contributed by atoms with E-state index in [-0.39, 0.29) is 11.7 Å². The van der Waals surface area contributed by atoms with Gasteiger partial charge in [0.1, 0.15) is 11.5 Å². The highest BCUT2D eigenvalue weighted by Crippen LogP contribution is 2.20. The van der Waals surface area contributed by atoms with Crippen LogP contribution in [-0.2, 0) is 6.54 Å². The summed E-state index contributed by atoms with van der Waals surface area (Å²) in [5, 5.41) is 9.77. The molecule has 0 saturated carbocycles. The van der Waals surface area contributed by atoms with Gasteiger partial charge in [-0.15, -0.1) is 0 Å². The summed E-state index contributed by atoms with van der Waals surface area (Å²) >= 11 is 0. The topological polar surface area (TPSA) is 53.7 Å². The molecular formula is C14H15NO3. The number of carbonyl (C=O) groups is 1. The van der Waals surface area contributed by atoms with Crippen molar-refractivity contribution in [1.82, 2.24) is 4.90 Å². The van der Waals surface area contributed by atoms with E-state index in [9.17, 15) is 9.90 Å². The van der Waals surface area contributed by atoms with Crippen LogP contribution >= 0.6 is 0 Å². The summed E-state index contributed by atoms with van der Waals surface area (Å²) in [4.78, 5) is 13.6. The minimum absolute atomic E-state index is 0.00583. The molecule has 0 saturated heterocycles. The summed E-state index contributed by atoms with van der Waals surface area (Å²) in [7, 11) is 1.67. The fourth-order valence-electron chi connectivity index (χ4n) is 1.74. The smallest absolute Gasteiger partial charge is 0.257 e. The van der Waals surface area contributed by atoms with E-state index in [1.54, 1.807) is 43.6 Å². The van der Waals surface area contributed by atoms with Crippen molar-refractivity contribution in [3.8, 4) is 5.75 Å². The Balaban J connectivity index is 2.15. The van der Waals surface area contributed by atoms with Crippen LogP contribution in [0.1, 0.15) is 21.7 Å². The van der Waals surface area contributed by atoms with Crippen LogP contribution in [0.25, 0.3) is 0 Å². The molecule has 1 heterocycles. The van der Waals surface area contributed by atoms with E-state index in [2.05, 4.69) is 0 Å². The van der Waals surface area contributed by atoms with E-state index < -0.39 is 0 Å². The highest BCUT2D eigenvalue weighted by atomic mass is 16.3. The van der Waals surface area contributed by atoms with Crippen LogP contribution < -0.4 is 0 Å². The van der Waals surface area contributed by atoms with Gasteiger partial charge >= 0.3 is 0 Å². The van der Waals surface area contributed by atoms with E-state index in [4.69, 9.17) is 4.42 Å². The van der Waals surface area contributed by atoms with Gasteiger partial charge in [-0.3, -0.25) is 4.79 Å². The number of carbonyl (C=O) groups excluding carboxylic acids is 1. The third-order valence-electron chi connectivity index (χ3n) is 2.70. The number of benzene rings is 1. The lowest BCUT2D eigenvalue weighted by molar-refractivity contribution is 0.0772. The monoisotopic (exact) mass is 245 g/mol. The van der Waals surface area contributed by atoms with Crippen molar-refractivity contribution in [2.45, 2.75) is 13.5 Å². The molecule has 2 aromatic rings. The summed E-state index contributed by atoms with van der Waals surface area (Å²) < 4.78 is 5.18. The fourth-order valence-corrected chi connectivity index (χ4v) is 1.74. The van der Waals surface area contributed by atoms with Crippen molar-refractivity contribution >= 4 is 5.91 Å². The minimum Gasteiger partial charge on any atom is -0.507 e. The van der Waals surface area contributed by atoms with Crippen molar-refractivity contribution in [1.29, 1.82) is 0 Å². The maximum Gasteiger partial charge on any atom is 0.257 e. The first-order valence-corrected chi connectivity index (χ1v) is 5.65. The maximum atomic E-state index is 12.1. The molecule has 4 heteroatoms. The molecule has 0 aliphatic carbocycles. The minimum atomic E-state index is -0.232. The van der Waals surface area contributed by atoms with Crippen LogP contribution in [0.5, 0.6) is 5.75 Å². The molecule has 0 aliphatic heterocycles. The summed E-state index contributed by atoms with van der Waals surface area (Å²) in [6.45, 7) is 2.24.